The minimum atomic E-state index is -0.334. The Morgan fingerprint density at radius 1 is 1.27 bits per heavy atom. The number of aliphatic hydroxyl groups excluding tert-OH is 1. The molecule has 3 nitrogen and oxygen atoms in total. The van der Waals surface area contributed by atoms with Gasteiger partial charge in [-0.2, -0.15) is 5.06 Å². The fraction of sp³-hybridized carbons (Fsp3) is 1.00. The van der Waals surface area contributed by atoms with Crippen molar-refractivity contribution in [2.24, 2.45) is 5.92 Å². The third-order valence-electron chi connectivity index (χ3n) is 1.62. The molecule has 2 N–H and O–H groups in total. The summed E-state index contributed by atoms with van der Waals surface area (Å²) < 4.78 is 0. The van der Waals surface area contributed by atoms with Crippen LogP contribution >= 0.6 is 0 Å². The Morgan fingerprint density at radius 2 is 1.82 bits per heavy atom. The molecular weight excluding hydrogens is 142 g/mol. The third-order valence-corrected chi connectivity index (χ3v) is 1.62. The van der Waals surface area contributed by atoms with Crippen LogP contribution in [0.4, 0.5) is 0 Å². The highest BCUT2D eigenvalue weighted by Gasteiger charge is 2.20. The van der Waals surface area contributed by atoms with Crippen molar-refractivity contribution in [2.75, 3.05) is 13.1 Å². The van der Waals surface area contributed by atoms with E-state index in [9.17, 15) is 0 Å². The van der Waals surface area contributed by atoms with E-state index in [1.54, 1.807) is 0 Å². The molecule has 0 aromatic carbocycles. The Labute approximate surface area is 68.6 Å². The van der Waals surface area contributed by atoms with Crippen LogP contribution in [0.3, 0.4) is 0 Å². The van der Waals surface area contributed by atoms with Crippen LogP contribution in [0.25, 0.3) is 0 Å². The van der Waals surface area contributed by atoms with E-state index in [0.29, 0.717) is 19.0 Å². The summed E-state index contributed by atoms with van der Waals surface area (Å²) in [5, 5.41) is 19.2. The van der Waals surface area contributed by atoms with Crippen molar-refractivity contribution in [1.82, 2.24) is 5.06 Å². The normalized spacial score (nSPS) is 32.5. The average molecular weight is 161 g/mol. The largest absolute Gasteiger partial charge is 0.392 e. The minimum absolute atomic E-state index is 0.334. The molecule has 0 aromatic rings. The highest BCUT2D eigenvalue weighted by atomic mass is 16.5. The highest BCUT2D eigenvalue weighted by Crippen LogP contribution is 2.13. The van der Waals surface area contributed by atoms with E-state index in [0.717, 1.165) is 6.42 Å². The summed E-state index contributed by atoms with van der Waals surface area (Å²) in [7, 11) is 0. The second kappa shape index (κ2) is 5.52. The number of hydrogen-bond acceptors (Lipinski definition) is 3. The molecule has 0 radical (unpaired) electrons. The van der Waals surface area contributed by atoms with Crippen molar-refractivity contribution >= 4 is 0 Å². The van der Waals surface area contributed by atoms with Crippen molar-refractivity contribution in [3.8, 4) is 0 Å². The maximum Gasteiger partial charge on any atom is 0.0693 e. The molecule has 1 aliphatic rings. The van der Waals surface area contributed by atoms with Crippen LogP contribution < -0.4 is 0 Å². The van der Waals surface area contributed by atoms with Gasteiger partial charge in [0, 0.05) is 13.1 Å². The molecule has 1 saturated heterocycles. The molecular formula is C8H19NO2. The van der Waals surface area contributed by atoms with Gasteiger partial charge in [0.2, 0.25) is 0 Å². The first-order chi connectivity index (χ1) is 5.18. The van der Waals surface area contributed by atoms with Crippen molar-refractivity contribution in [2.45, 2.75) is 33.3 Å². The van der Waals surface area contributed by atoms with Gasteiger partial charge in [-0.25, -0.2) is 0 Å². The smallest absolute Gasteiger partial charge is 0.0693 e. The van der Waals surface area contributed by atoms with Crippen LogP contribution in [0.15, 0.2) is 0 Å². The first-order valence-corrected chi connectivity index (χ1v) is 4.30. The van der Waals surface area contributed by atoms with Crippen LogP contribution in [0.5, 0.6) is 0 Å². The van der Waals surface area contributed by atoms with Gasteiger partial charge in [-0.1, -0.05) is 20.8 Å². The standard InChI is InChI=1S/C6H13NO2.C2H6/c1-5-2-6(8)4-7(9)3-5;1-2/h5-6,8-9H,2-4H2,1H3;1-2H3/t5?,6-;/m1./s1. The first kappa shape index (κ1) is 10.9. The maximum atomic E-state index is 9.05. The molecule has 68 valence electrons. The number of hydroxylamine groups is 2. The summed E-state index contributed by atoms with van der Waals surface area (Å²) in [6.07, 6.45) is 0.482. The van der Waals surface area contributed by atoms with Crippen molar-refractivity contribution in [3.63, 3.8) is 0 Å². The van der Waals surface area contributed by atoms with Gasteiger partial charge in [-0.05, 0) is 12.3 Å². The fourth-order valence-corrected chi connectivity index (χ4v) is 1.29. The van der Waals surface area contributed by atoms with Gasteiger partial charge < -0.3 is 10.3 Å². The Bertz CT molecular complexity index is 73.1. The predicted molar refractivity (Wildman–Crippen MR) is 44.5 cm³/mol. The van der Waals surface area contributed by atoms with Crippen LogP contribution in [-0.4, -0.2) is 34.6 Å². The molecule has 1 aliphatic heterocycles. The predicted octanol–water partition coefficient (Wildman–Crippen LogP) is 1.10. The molecule has 2 atom stereocenters. The summed E-state index contributed by atoms with van der Waals surface area (Å²) in [5.74, 6) is 0.416. The van der Waals surface area contributed by atoms with E-state index in [1.165, 1.54) is 5.06 Å². The highest BCUT2D eigenvalue weighted by molar-refractivity contribution is 4.70. The molecule has 0 bridgehead atoms. The van der Waals surface area contributed by atoms with Crippen molar-refractivity contribution < 1.29 is 10.3 Å². The second-order valence-corrected chi connectivity index (χ2v) is 2.87. The van der Waals surface area contributed by atoms with Gasteiger partial charge in [0.1, 0.15) is 0 Å². The topological polar surface area (TPSA) is 43.7 Å². The van der Waals surface area contributed by atoms with Crippen molar-refractivity contribution in [3.05, 3.63) is 0 Å². The third kappa shape index (κ3) is 4.35. The maximum absolute atomic E-state index is 9.05. The Kier molecular flexibility index (Phi) is 5.46. The van der Waals surface area contributed by atoms with Gasteiger partial charge in [0.25, 0.3) is 0 Å². The molecule has 3 heteroatoms. The van der Waals surface area contributed by atoms with Gasteiger partial charge in [-0.3, -0.25) is 0 Å². The van der Waals surface area contributed by atoms with Gasteiger partial charge in [0.05, 0.1) is 6.10 Å². The summed E-state index contributed by atoms with van der Waals surface area (Å²) in [5.41, 5.74) is 0. The molecule has 0 spiro atoms. The summed E-state index contributed by atoms with van der Waals surface area (Å²) in [4.78, 5) is 0. The summed E-state index contributed by atoms with van der Waals surface area (Å²) in [6.45, 7) is 7.12. The lowest BCUT2D eigenvalue weighted by molar-refractivity contribution is -0.145. The van der Waals surface area contributed by atoms with E-state index in [-0.39, 0.29) is 6.10 Å². The Balaban J connectivity index is 0.000000461. The Morgan fingerprint density at radius 3 is 2.18 bits per heavy atom. The lowest BCUT2D eigenvalue weighted by atomic mass is 10.00. The molecule has 1 fully saturated rings. The van der Waals surface area contributed by atoms with Gasteiger partial charge in [-0.15, -0.1) is 0 Å². The molecule has 1 unspecified atom stereocenters. The number of rotatable bonds is 0. The lowest BCUT2D eigenvalue weighted by Gasteiger charge is -2.29. The van der Waals surface area contributed by atoms with E-state index in [2.05, 4.69) is 0 Å². The summed E-state index contributed by atoms with van der Waals surface area (Å²) >= 11 is 0. The Hall–Kier alpha value is -0.120. The average Bonchev–Trinajstić information content (AvgIpc) is 1.88. The number of aliphatic hydroxyl groups is 1. The van der Waals surface area contributed by atoms with E-state index < -0.39 is 0 Å². The number of piperidine rings is 1. The zero-order valence-electron chi connectivity index (χ0n) is 7.62. The second-order valence-electron chi connectivity index (χ2n) is 2.87. The molecule has 11 heavy (non-hydrogen) atoms. The number of hydrogen-bond donors (Lipinski definition) is 2. The summed E-state index contributed by atoms with van der Waals surface area (Å²) in [6, 6.07) is 0. The molecule has 0 aromatic heterocycles. The molecule has 0 aliphatic carbocycles. The van der Waals surface area contributed by atoms with Crippen molar-refractivity contribution in [1.29, 1.82) is 0 Å². The van der Waals surface area contributed by atoms with E-state index in [1.807, 2.05) is 20.8 Å². The number of nitrogens with zero attached hydrogens (tertiary/aromatic N) is 1. The molecule has 1 rings (SSSR count). The molecule has 0 saturated carbocycles. The quantitative estimate of drug-likeness (QED) is 0.559. The van der Waals surface area contributed by atoms with Crippen LogP contribution in [0.2, 0.25) is 0 Å². The zero-order valence-corrected chi connectivity index (χ0v) is 7.62. The fourth-order valence-electron chi connectivity index (χ4n) is 1.29. The van der Waals surface area contributed by atoms with Gasteiger partial charge in [0.15, 0.2) is 0 Å². The lowest BCUT2D eigenvalue weighted by Crippen LogP contribution is -2.40. The van der Waals surface area contributed by atoms with E-state index >= 15 is 0 Å². The minimum Gasteiger partial charge on any atom is -0.392 e. The van der Waals surface area contributed by atoms with Crippen LogP contribution in [0, 0.1) is 5.92 Å². The van der Waals surface area contributed by atoms with E-state index in [4.69, 9.17) is 10.3 Å². The monoisotopic (exact) mass is 161 g/mol. The van der Waals surface area contributed by atoms with Crippen LogP contribution in [-0.2, 0) is 0 Å². The first-order valence-electron chi connectivity index (χ1n) is 4.30. The van der Waals surface area contributed by atoms with Gasteiger partial charge >= 0.3 is 0 Å². The zero-order chi connectivity index (χ0) is 8.85. The SMILES string of the molecule is CC.CC1C[C@@H](O)CN(O)C1. The molecule has 1 heterocycles. The molecule has 0 amide bonds. The number of β-amino-alcohol motifs (C(OH)–C–C–N with tert-alkyl or cyclic N) is 1. The van der Waals surface area contributed by atoms with Crippen LogP contribution in [0.1, 0.15) is 27.2 Å².